The summed E-state index contributed by atoms with van der Waals surface area (Å²) in [6, 6.07) is 8.75. The van der Waals surface area contributed by atoms with Crippen LogP contribution in [-0.2, 0) is 11.3 Å². The zero-order valence-electron chi connectivity index (χ0n) is 10.4. The van der Waals surface area contributed by atoms with E-state index >= 15 is 0 Å². The molecule has 1 aliphatic heterocycles. The predicted octanol–water partition coefficient (Wildman–Crippen LogP) is 2.82. The van der Waals surface area contributed by atoms with Gasteiger partial charge in [-0.2, -0.15) is 0 Å². The molecule has 1 fully saturated rings. The van der Waals surface area contributed by atoms with E-state index in [0.29, 0.717) is 5.88 Å². The molecule has 1 atom stereocenters. The minimum Gasteiger partial charge on any atom is -0.376 e. The number of nitrogens with zero attached hydrogens (tertiary/aromatic N) is 1. The van der Waals surface area contributed by atoms with E-state index in [-0.39, 0.29) is 6.10 Å². The van der Waals surface area contributed by atoms with Gasteiger partial charge in [0.1, 0.15) is 0 Å². The molecule has 1 aromatic rings. The molecule has 1 unspecified atom stereocenters. The van der Waals surface area contributed by atoms with Gasteiger partial charge in [-0.15, -0.1) is 11.6 Å². The third-order valence-corrected chi connectivity index (χ3v) is 3.48. The van der Waals surface area contributed by atoms with E-state index in [1.807, 2.05) is 0 Å². The summed E-state index contributed by atoms with van der Waals surface area (Å²) in [4.78, 5) is 2.44. The summed E-state index contributed by atoms with van der Waals surface area (Å²) in [7, 11) is 0. The minimum absolute atomic E-state index is 0.185. The first-order chi connectivity index (χ1) is 8.28. The highest BCUT2D eigenvalue weighted by molar-refractivity contribution is 6.18. The molecule has 17 heavy (non-hydrogen) atoms. The molecule has 2 rings (SSSR count). The second-order valence-corrected chi connectivity index (χ2v) is 5.03. The minimum atomic E-state index is 0.185. The van der Waals surface area contributed by atoms with Crippen molar-refractivity contribution in [2.75, 3.05) is 25.6 Å². The smallest absolute Gasteiger partial charge is 0.0837 e. The number of hydrogen-bond acceptors (Lipinski definition) is 2. The highest BCUT2D eigenvalue weighted by Gasteiger charge is 2.17. The summed E-state index contributed by atoms with van der Waals surface area (Å²) in [6.45, 7) is 5.99. The highest BCUT2D eigenvalue weighted by atomic mass is 35.5. The third-order valence-electron chi connectivity index (χ3n) is 3.13. The quantitative estimate of drug-likeness (QED) is 0.768. The summed E-state index contributed by atoms with van der Waals surface area (Å²) in [6.07, 6.45) is 1.28. The Morgan fingerprint density at radius 1 is 1.35 bits per heavy atom. The molecule has 1 heterocycles. The van der Waals surface area contributed by atoms with E-state index in [1.165, 1.54) is 11.1 Å². The number of rotatable bonds is 3. The van der Waals surface area contributed by atoms with Crippen molar-refractivity contribution in [3.63, 3.8) is 0 Å². The second-order valence-electron chi connectivity index (χ2n) is 4.72. The topological polar surface area (TPSA) is 12.5 Å². The zero-order valence-corrected chi connectivity index (χ0v) is 11.1. The van der Waals surface area contributed by atoms with Gasteiger partial charge < -0.3 is 4.74 Å². The van der Waals surface area contributed by atoms with Crippen LogP contribution in [0.15, 0.2) is 24.3 Å². The van der Waals surface area contributed by atoms with E-state index in [4.69, 9.17) is 16.3 Å². The lowest BCUT2D eigenvalue weighted by Gasteiger charge is -2.22. The summed E-state index contributed by atoms with van der Waals surface area (Å²) in [5.74, 6) is 0.588. The standard InChI is InChI=1S/C14H20ClNO/c1-12-3-5-13(6-4-12)10-16-7-2-8-17-14(9-15)11-16/h3-6,14H,2,7-11H2,1H3. The molecule has 0 saturated carbocycles. The molecule has 2 nitrogen and oxygen atoms in total. The Labute approximate surface area is 109 Å². The van der Waals surface area contributed by atoms with Crippen LogP contribution in [0.4, 0.5) is 0 Å². The van der Waals surface area contributed by atoms with Crippen molar-refractivity contribution < 1.29 is 4.74 Å². The summed E-state index contributed by atoms with van der Waals surface area (Å²) in [5.41, 5.74) is 2.68. The van der Waals surface area contributed by atoms with Crippen LogP contribution in [0, 0.1) is 6.92 Å². The van der Waals surface area contributed by atoms with Crippen molar-refractivity contribution in [1.29, 1.82) is 0 Å². The second kappa shape index (κ2) is 6.39. The fraction of sp³-hybridized carbons (Fsp3) is 0.571. The molecule has 94 valence electrons. The maximum Gasteiger partial charge on any atom is 0.0837 e. The average molecular weight is 254 g/mol. The van der Waals surface area contributed by atoms with Crippen LogP contribution >= 0.6 is 11.6 Å². The van der Waals surface area contributed by atoms with Crippen LogP contribution in [0.1, 0.15) is 17.5 Å². The lowest BCUT2D eigenvalue weighted by molar-refractivity contribution is 0.0691. The Bertz CT molecular complexity index is 339. The molecular formula is C14H20ClNO. The van der Waals surface area contributed by atoms with E-state index < -0.39 is 0 Å². The lowest BCUT2D eigenvalue weighted by atomic mass is 10.1. The van der Waals surface area contributed by atoms with Crippen LogP contribution in [0.2, 0.25) is 0 Å². The number of hydrogen-bond donors (Lipinski definition) is 0. The number of alkyl halides is 1. The van der Waals surface area contributed by atoms with E-state index in [2.05, 4.69) is 36.1 Å². The summed E-state index contributed by atoms with van der Waals surface area (Å²) >= 11 is 5.89. The molecule has 3 heteroatoms. The van der Waals surface area contributed by atoms with Crippen LogP contribution in [0.25, 0.3) is 0 Å². The van der Waals surface area contributed by atoms with Crippen molar-refractivity contribution >= 4 is 11.6 Å². The van der Waals surface area contributed by atoms with Gasteiger partial charge in [0.15, 0.2) is 0 Å². The Morgan fingerprint density at radius 3 is 2.82 bits per heavy atom. The molecule has 0 N–H and O–H groups in total. The van der Waals surface area contributed by atoms with Gasteiger partial charge in [-0.1, -0.05) is 29.8 Å². The van der Waals surface area contributed by atoms with Gasteiger partial charge in [0, 0.05) is 32.1 Å². The molecule has 1 aromatic carbocycles. The Balaban J connectivity index is 1.94. The molecule has 1 aliphatic rings. The molecule has 1 saturated heterocycles. The van der Waals surface area contributed by atoms with Crippen LogP contribution < -0.4 is 0 Å². The largest absolute Gasteiger partial charge is 0.376 e. The van der Waals surface area contributed by atoms with Crippen LogP contribution in [0.3, 0.4) is 0 Å². The average Bonchev–Trinajstić information content (AvgIpc) is 2.57. The number of ether oxygens (including phenoxy) is 1. The SMILES string of the molecule is Cc1ccc(CN2CCCOC(CCl)C2)cc1. The fourth-order valence-electron chi connectivity index (χ4n) is 2.16. The van der Waals surface area contributed by atoms with E-state index in [9.17, 15) is 0 Å². The molecular weight excluding hydrogens is 234 g/mol. The van der Waals surface area contributed by atoms with Gasteiger partial charge in [-0.3, -0.25) is 4.90 Å². The lowest BCUT2D eigenvalue weighted by Crippen LogP contribution is -2.32. The van der Waals surface area contributed by atoms with E-state index in [1.54, 1.807) is 0 Å². The summed E-state index contributed by atoms with van der Waals surface area (Å²) < 4.78 is 5.67. The molecule has 0 amide bonds. The summed E-state index contributed by atoms with van der Waals surface area (Å²) in [5, 5.41) is 0. The predicted molar refractivity (Wildman–Crippen MR) is 71.5 cm³/mol. The van der Waals surface area contributed by atoms with Crippen molar-refractivity contribution in [3.8, 4) is 0 Å². The number of aryl methyl sites for hydroxylation is 1. The van der Waals surface area contributed by atoms with Gasteiger partial charge in [0.2, 0.25) is 0 Å². The van der Waals surface area contributed by atoms with Crippen LogP contribution in [0.5, 0.6) is 0 Å². The monoisotopic (exact) mass is 253 g/mol. The van der Waals surface area contributed by atoms with Crippen molar-refractivity contribution in [2.45, 2.75) is 26.0 Å². The van der Waals surface area contributed by atoms with Gasteiger partial charge >= 0.3 is 0 Å². The highest BCUT2D eigenvalue weighted by Crippen LogP contribution is 2.12. The zero-order chi connectivity index (χ0) is 12.1. The molecule has 0 aromatic heterocycles. The number of benzene rings is 1. The first kappa shape index (κ1) is 12.9. The Morgan fingerprint density at radius 2 is 2.12 bits per heavy atom. The van der Waals surface area contributed by atoms with Gasteiger partial charge in [-0.25, -0.2) is 0 Å². The maximum atomic E-state index is 5.89. The van der Waals surface area contributed by atoms with Gasteiger partial charge in [0.25, 0.3) is 0 Å². The third kappa shape index (κ3) is 3.98. The maximum absolute atomic E-state index is 5.89. The fourth-order valence-corrected chi connectivity index (χ4v) is 2.35. The number of halogens is 1. The molecule has 0 aliphatic carbocycles. The van der Waals surface area contributed by atoms with E-state index in [0.717, 1.165) is 32.7 Å². The van der Waals surface area contributed by atoms with Gasteiger partial charge in [0.05, 0.1) is 6.10 Å². The van der Waals surface area contributed by atoms with Crippen molar-refractivity contribution in [2.24, 2.45) is 0 Å². The van der Waals surface area contributed by atoms with Crippen molar-refractivity contribution in [1.82, 2.24) is 4.90 Å². The first-order valence-corrected chi connectivity index (χ1v) is 6.77. The van der Waals surface area contributed by atoms with Gasteiger partial charge in [-0.05, 0) is 18.9 Å². The van der Waals surface area contributed by atoms with Crippen LogP contribution in [-0.4, -0.2) is 36.6 Å². The molecule has 0 radical (unpaired) electrons. The Hall–Kier alpha value is -0.570. The van der Waals surface area contributed by atoms with Crippen molar-refractivity contribution in [3.05, 3.63) is 35.4 Å². The normalized spacial score (nSPS) is 22.4. The Kier molecular flexibility index (Phi) is 4.84. The molecule has 0 spiro atoms. The molecule has 0 bridgehead atoms. The first-order valence-electron chi connectivity index (χ1n) is 6.23.